The molecular formula is C9H21NO4. The van der Waals surface area contributed by atoms with Gasteiger partial charge in [-0.15, -0.1) is 0 Å². The predicted molar refractivity (Wildman–Crippen MR) is 52.3 cm³/mol. The van der Waals surface area contributed by atoms with E-state index in [1.165, 1.54) is 13.8 Å². The minimum absolute atomic E-state index is 0.0694. The van der Waals surface area contributed by atoms with Crippen molar-refractivity contribution < 1.29 is 20.1 Å². The van der Waals surface area contributed by atoms with Gasteiger partial charge in [0.1, 0.15) is 0 Å². The average Bonchev–Trinajstić information content (AvgIpc) is 2.26. The highest BCUT2D eigenvalue weighted by atomic mass is 16.6. The zero-order valence-electron chi connectivity index (χ0n) is 9.03. The van der Waals surface area contributed by atoms with Gasteiger partial charge in [0.05, 0.1) is 6.10 Å². The zero-order chi connectivity index (χ0) is 11.4. The van der Waals surface area contributed by atoms with E-state index in [2.05, 4.69) is 0 Å². The highest BCUT2D eigenvalue weighted by Crippen LogP contribution is 2.26. The van der Waals surface area contributed by atoms with Crippen LogP contribution in [0.3, 0.4) is 0 Å². The third-order valence-electron chi connectivity index (χ3n) is 1.61. The minimum Gasteiger partial charge on any atom is -0.366 e. The number of aliphatic hydroxyl groups is 3. The Kier molecular flexibility index (Phi) is 4.97. The van der Waals surface area contributed by atoms with Crippen LogP contribution < -0.4 is 5.73 Å². The Morgan fingerprint density at radius 3 is 2.07 bits per heavy atom. The maximum Gasteiger partial charge on any atom is 0.163 e. The average molecular weight is 207 g/mol. The molecule has 1 fully saturated rings. The van der Waals surface area contributed by atoms with E-state index >= 15 is 0 Å². The molecule has 1 aliphatic heterocycles. The largest absolute Gasteiger partial charge is 0.366 e. The topological polar surface area (TPSA) is 95.9 Å². The van der Waals surface area contributed by atoms with Crippen molar-refractivity contribution in [1.29, 1.82) is 0 Å². The highest BCUT2D eigenvalue weighted by molar-refractivity contribution is 4.75. The lowest BCUT2D eigenvalue weighted by atomic mass is 10.2. The first-order valence-electron chi connectivity index (χ1n) is 4.69. The molecule has 1 aliphatic rings. The molecule has 1 unspecified atom stereocenters. The first-order valence-corrected chi connectivity index (χ1v) is 4.69. The fourth-order valence-electron chi connectivity index (χ4n) is 1.07. The number of hydrogen-bond donors (Lipinski definition) is 4. The lowest BCUT2D eigenvalue weighted by Crippen LogP contribution is -2.27. The summed E-state index contributed by atoms with van der Waals surface area (Å²) in [6.07, 6.45) is 1.65. The van der Waals surface area contributed by atoms with Gasteiger partial charge in [-0.25, -0.2) is 0 Å². The summed E-state index contributed by atoms with van der Waals surface area (Å²) < 4.78 is 5.13. The third kappa shape index (κ3) is 8.40. The van der Waals surface area contributed by atoms with Crippen LogP contribution in [0.2, 0.25) is 0 Å². The standard InChI is InChI=1S/C6H13NO2.C3H8O2/c1-6(8)3-2-5(4-7)9-6;1-3(2,4)5/h5,8H,2-4,7H2,1H3;4-5H,1-2H3/t5-,6?;/m1./s1. The summed E-state index contributed by atoms with van der Waals surface area (Å²) >= 11 is 0. The summed E-state index contributed by atoms with van der Waals surface area (Å²) in [6, 6.07) is 0. The fraction of sp³-hybridized carbons (Fsp3) is 1.00. The zero-order valence-corrected chi connectivity index (χ0v) is 9.03. The van der Waals surface area contributed by atoms with Crippen molar-refractivity contribution in [2.75, 3.05) is 6.54 Å². The fourth-order valence-corrected chi connectivity index (χ4v) is 1.07. The Hall–Kier alpha value is -0.200. The minimum atomic E-state index is -1.50. The van der Waals surface area contributed by atoms with E-state index in [4.69, 9.17) is 20.7 Å². The number of nitrogens with two attached hydrogens (primary N) is 1. The van der Waals surface area contributed by atoms with Gasteiger partial charge in [0, 0.05) is 13.0 Å². The van der Waals surface area contributed by atoms with Crippen molar-refractivity contribution in [3.8, 4) is 0 Å². The Morgan fingerprint density at radius 2 is 1.93 bits per heavy atom. The smallest absolute Gasteiger partial charge is 0.163 e. The second-order valence-corrected chi connectivity index (χ2v) is 4.18. The van der Waals surface area contributed by atoms with Gasteiger partial charge in [0.2, 0.25) is 0 Å². The number of ether oxygens (including phenoxy) is 1. The van der Waals surface area contributed by atoms with Gasteiger partial charge in [0.15, 0.2) is 11.6 Å². The van der Waals surface area contributed by atoms with Crippen LogP contribution in [-0.4, -0.2) is 39.5 Å². The van der Waals surface area contributed by atoms with E-state index < -0.39 is 11.6 Å². The van der Waals surface area contributed by atoms with Crippen LogP contribution >= 0.6 is 0 Å². The molecule has 0 saturated carbocycles. The van der Waals surface area contributed by atoms with E-state index in [1.807, 2.05) is 0 Å². The molecule has 5 heteroatoms. The van der Waals surface area contributed by atoms with Crippen molar-refractivity contribution in [1.82, 2.24) is 0 Å². The molecule has 0 aromatic rings. The molecule has 1 rings (SSSR count). The van der Waals surface area contributed by atoms with Crippen molar-refractivity contribution in [2.24, 2.45) is 5.73 Å². The molecule has 5 nitrogen and oxygen atoms in total. The van der Waals surface area contributed by atoms with Crippen molar-refractivity contribution >= 4 is 0 Å². The molecule has 0 aliphatic carbocycles. The molecule has 1 saturated heterocycles. The van der Waals surface area contributed by atoms with E-state index in [0.29, 0.717) is 13.0 Å². The van der Waals surface area contributed by atoms with Gasteiger partial charge in [-0.2, -0.15) is 0 Å². The van der Waals surface area contributed by atoms with Gasteiger partial charge in [0.25, 0.3) is 0 Å². The van der Waals surface area contributed by atoms with Crippen molar-refractivity contribution in [3.05, 3.63) is 0 Å². The quantitative estimate of drug-likeness (QED) is 0.436. The molecule has 0 radical (unpaired) electrons. The monoisotopic (exact) mass is 207 g/mol. The van der Waals surface area contributed by atoms with Gasteiger partial charge >= 0.3 is 0 Å². The van der Waals surface area contributed by atoms with Gasteiger partial charge < -0.3 is 25.8 Å². The normalized spacial score (nSPS) is 32.4. The molecule has 0 amide bonds. The molecule has 0 aromatic heterocycles. The molecule has 5 N–H and O–H groups in total. The molecule has 86 valence electrons. The van der Waals surface area contributed by atoms with Gasteiger partial charge in [-0.05, 0) is 27.2 Å². The van der Waals surface area contributed by atoms with E-state index in [0.717, 1.165) is 6.42 Å². The number of hydrogen-bond acceptors (Lipinski definition) is 5. The summed E-state index contributed by atoms with van der Waals surface area (Å²) in [5.41, 5.74) is 5.32. The second kappa shape index (κ2) is 5.04. The molecule has 0 aromatic carbocycles. The van der Waals surface area contributed by atoms with E-state index in [1.54, 1.807) is 6.92 Å². The molecular weight excluding hydrogens is 186 g/mol. The van der Waals surface area contributed by atoms with Crippen LogP contribution in [0.4, 0.5) is 0 Å². The second-order valence-electron chi connectivity index (χ2n) is 4.18. The van der Waals surface area contributed by atoms with Gasteiger partial charge in [-0.3, -0.25) is 0 Å². The molecule has 14 heavy (non-hydrogen) atoms. The van der Waals surface area contributed by atoms with Crippen molar-refractivity contribution in [2.45, 2.75) is 51.3 Å². The molecule has 0 spiro atoms. The summed E-state index contributed by atoms with van der Waals surface area (Å²) in [7, 11) is 0. The predicted octanol–water partition coefficient (Wildman–Crippen LogP) is -0.460. The third-order valence-corrected chi connectivity index (χ3v) is 1.61. The Morgan fingerprint density at radius 1 is 1.50 bits per heavy atom. The Balaban J connectivity index is 0.000000292. The lowest BCUT2D eigenvalue weighted by molar-refractivity contribution is -0.175. The first kappa shape index (κ1) is 13.8. The van der Waals surface area contributed by atoms with Crippen LogP contribution in [0, 0.1) is 0 Å². The van der Waals surface area contributed by atoms with Crippen LogP contribution in [0.25, 0.3) is 0 Å². The maximum atomic E-state index is 9.22. The van der Waals surface area contributed by atoms with E-state index in [9.17, 15) is 5.11 Å². The molecule has 0 bridgehead atoms. The van der Waals surface area contributed by atoms with E-state index in [-0.39, 0.29) is 6.10 Å². The SMILES string of the molecule is CC(C)(O)O.CC1(O)CC[C@H](CN)O1. The Labute approximate surface area is 84.5 Å². The van der Waals surface area contributed by atoms with Crippen LogP contribution in [0.1, 0.15) is 33.6 Å². The lowest BCUT2D eigenvalue weighted by Gasteiger charge is -2.16. The van der Waals surface area contributed by atoms with Crippen LogP contribution in [0.5, 0.6) is 0 Å². The summed E-state index contributed by atoms with van der Waals surface area (Å²) in [4.78, 5) is 0. The highest BCUT2D eigenvalue weighted by Gasteiger charge is 2.32. The molecule has 2 atom stereocenters. The number of rotatable bonds is 1. The van der Waals surface area contributed by atoms with Crippen molar-refractivity contribution in [3.63, 3.8) is 0 Å². The van der Waals surface area contributed by atoms with Crippen LogP contribution in [0.15, 0.2) is 0 Å². The molecule has 1 heterocycles. The summed E-state index contributed by atoms with van der Waals surface area (Å²) in [5, 5.41) is 25.4. The first-order chi connectivity index (χ1) is 6.14. The summed E-state index contributed by atoms with van der Waals surface area (Å²) in [6.45, 7) is 4.78. The Bertz CT molecular complexity index is 159. The van der Waals surface area contributed by atoms with Gasteiger partial charge in [-0.1, -0.05) is 0 Å². The maximum absolute atomic E-state index is 9.22. The summed E-state index contributed by atoms with van der Waals surface area (Å²) in [5.74, 6) is -2.41. The van der Waals surface area contributed by atoms with Crippen LogP contribution in [-0.2, 0) is 4.74 Å².